The second-order valence-corrected chi connectivity index (χ2v) is 8.78. The van der Waals surface area contributed by atoms with Gasteiger partial charge in [0.1, 0.15) is 29.4 Å². The predicted octanol–water partition coefficient (Wildman–Crippen LogP) is 3.10. The van der Waals surface area contributed by atoms with Crippen molar-refractivity contribution >= 4 is 28.5 Å². The maximum Gasteiger partial charge on any atom is 0.143 e. The van der Waals surface area contributed by atoms with Crippen LogP contribution in [0.2, 0.25) is 0 Å². The van der Waals surface area contributed by atoms with E-state index in [0.717, 1.165) is 58.3 Å². The molecule has 5 rings (SSSR count). The van der Waals surface area contributed by atoms with Gasteiger partial charge in [-0.2, -0.15) is 0 Å². The fourth-order valence-electron chi connectivity index (χ4n) is 4.60. The largest absolute Gasteiger partial charge is 0.384 e. The number of hydrogen-bond acceptors (Lipinski definition) is 8. The van der Waals surface area contributed by atoms with Gasteiger partial charge in [-0.05, 0) is 50.6 Å². The maximum absolute atomic E-state index is 5.99. The van der Waals surface area contributed by atoms with Crippen molar-refractivity contribution in [2.24, 2.45) is 0 Å². The van der Waals surface area contributed by atoms with E-state index in [9.17, 15) is 0 Å². The number of hydrogen-bond donors (Lipinski definition) is 4. The lowest BCUT2D eigenvalue weighted by molar-refractivity contribution is 0.405. The summed E-state index contributed by atoms with van der Waals surface area (Å²) in [5.41, 5.74) is 10.5. The lowest BCUT2D eigenvalue weighted by Gasteiger charge is -2.37. The van der Waals surface area contributed by atoms with Gasteiger partial charge in [0.15, 0.2) is 0 Å². The number of nitrogens with zero attached hydrogens (tertiary/aromatic N) is 5. The van der Waals surface area contributed by atoms with Crippen molar-refractivity contribution in [1.29, 1.82) is 0 Å². The molecule has 0 unspecified atom stereocenters. The highest BCUT2D eigenvalue weighted by Gasteiger charge is 2.22. The van der Waals surface area contributed by atoms with Crippen LogP contribution < -0.4 is 21.3 Å². The van der Waals surface area contributed by atoms with Gasteiger partial charge < -0.3 is 26.3 Å². The summed E-state index contributed by atoms with van der Waals surface area (Å²) in [6.45, 7) is 8.80. The van der Waals surface area contributed by atoms with Gasteiger partial charge in [0, 0.05) is 42.6 Å². The topological polar surface area (TPSA) is 121 Å². The molecule has 33 heavy (non-hydrogen) atoms. The Labute approximate surface area is 192 Å². The molecule has 5 N–H and O–H groups in total. The Bertz CT molecular complexity index is 1250. The second-order valence-electron chi connectivity index (χ2n) is 8.78. The summed E-state index contributed by atoms with van der Waals surface area (Å²) in [6, 6.07) is 10.9. The minimum atomic E-state index is 0.435. The summed E-state index contributed by atoms with van der Waals surface area (Å²) in [7, 11) is 0. The number of rotatable bonds is 5. The van der Waals surface area contributed by atoms with E-state index in [1.54, 1.807) is 6.33 Å². The van der Waals surface area contributed by atoms with Crippen LogP contribution in [0.5, 0.6) is 0 Å². The van der Waals surface area contributed by atoms with E-state index in [1.807, 2.05) is 31.3 Å². The summed E-state index contributed by atoms with van der Waals surface area (Å²) in [5.74, 6) is 2.25. The number of aryl methyl sites for hydroxylation is 1. The Morgan fingerprint density at radius 1 is 1.12 bits per heavy atom. The SMILES string of the molecule is Cc1cc(-c2c[nH]c3ncnc(NCc4cccc(N5C[C@@H](C)N[C@@H](C)C5)n4)c23)cc(N)n1. The third-order valence-electron chi connectivity index (χ3n) is 5.86. The Kier molecular flexibility index (Phi) is 5.55. The molecule has 0 bridgehead atoms. The molecule has 9 heteroatoms. The smallest absolute Gasteiger partial charge is 0.143 e. The van der Waals surface area contributed by atoms with E-state index in [0.29, 0.717) is 24.4 Å². The summed E-state index contributed by atoms with van der Waals surface area (Å²) in [6.07, 6.45) is 3.49. The highest BCUT2D eigenvalue weighted by molar-refractivity contribution is 6.01. The van der Waals surface area contributed by atoms with Gasteiger partial charge in [-0.3, -0.25) is 0 Å². The fourth-order valence-corrected chi connectivity index (χ4v) is 4.60. The Morgan fingerprint density at radius 3 is 2.73 bits per heavy atom. The van der Waals surface area contributed by atoms with E-state index in [-0.39, 0.29) is 0 Å². The molecule has 170 valence electrons. The first-order valence-electron chi connectivity index (χ1n) is 11.2. The monoisotopic (exact) mass is 443 g/mol. The maximum atomic E-state index is 5.99. The molecule has 0 amide bonds. The van der Waals surface area contributed by atoms with Crippen molar-refractivity contribution in [2.45, 2.75) is 39.4 Å². The Hall–Kier alpha value is -3.72. The zero-order valence-electron chi connectivity index (χ0n) is 19.1. The normalized spacial score (nSPS) is 18.6. The lowest BCUT2D eigenvalue weighted by atomic mass is 10.1. The molecular formula is C24H29N9. The van der Waals surface area contributed by atoms with Crippen LogP contribution in [0, 0.1) is 6.92 Å². The van der Waals surface area contributed by atoms with Gasteiger partial charge in [-0.15, -0.1) is 0 Å². The predicted molar refractivity (Wildman–Crippen MR) is 132 cm³/mol. The number of piperazine rings is 1. The van der Waals surface area contributed by atoms with Gasteiger partial charge in [-0.1, -0.05) is 6.07 Å². The number of nitrogens with two attached hydrogens (primary N) is 1. The highest BCUT2D eigenvalue weighted by Crippen LogP contribution is 2.33. The quantitative estimate of drug-likeness (QED) is 0.371. The van der Waals surface area contributed by atoms with Gasteiger partial charge >= 0.3 is 0 Å². The van der Waals surface area contributed by atoms with E-state index < -0.39 is 0 Å². The van der Waals surface area contributed by atoms with Gasteiger partial charge in [0.05, 0.1) is 17.6 Å². The molecule has 0 aliphatic carbocycles. The van der Waals surface area contributed by atoms with E-state index >= 15 is 0 Å². The van der Waals surface area contributed by atoms with E-state index in [4.69, 9.17) is 10.7 Å². The van der Waals surface area contributed by atoms with E-state index in [1.165, 1.54) is 0 Å². The van der Waals surface area contributed by atoms with Crippen molar-refractivity contribution in [3.05, 3.63) is 54.2 Å². The molecular weight excluding hydrogens is 414 g/mol. The van der Waals surface area contributed by atoms with Crippen molar-refractivity contribution in [2.75, 3.05) is 29.0 Å². The van der Waals surface area contributed by atoms with Crippen LogP contribution in [-0.2, 0) is 6.54 Å². The van der Waals surface area contributed by atoms with Crippen molar-refractivity contribution < 1.29 is 0 Å². The minimum absolute atomic E-state index is 0.435. The number of pyridine rings is 2. The standard InChI is InChI=1S/C24H29N9/c1-14-7-17(8-20(25)31-14)19-10-27-24-22(19)23(28-13-29-24)26-9-18-5-4-6-21(32-18)33-11-15(2)30-16(3)12-33/h4-8,10,13,15-16,30H,9,11-12H2,1-3H3,(H2,25,31)(H2,26,27,28,29)/t15-,16+. The third-order valence-corrected chi connectivity index (χ3v) is 5.86. The lowest BCUT2D eigenvalue weighted by Crippen LogP contribution is -2.54. The van der Waals surface area contributed by atoms with Crippen LogP contribution >= 0.6 is 0 Å². The Balaban J connectivity index is 1.41. The van der Waals surface area contributed by atoms with Crippen LogP contribution in [0.4, 0.5) is 17.5 Å². The number of nitrogens with one attached hydrogen (secondary N) is 3. The van der Waals surface area contributed by atoms with Gasteiger partial charge in [-0.25, -0.2) is 19.9 Å². The first-order valence-corrected chi connectivity index (χ1v) is 11.2. The minimum Gasteiger partial charge on any atom is -0.384 e. The summed E-state index contributed by atoms with van der Waals surface area (Å²) < 4.78 is 0. The number of aromatic amines is 1. The average Bonchev–Trinajstić information content (AvgIpc) is 3.21. The van der Waals surface area contributed by atoms with Crippen LogP contribution in [0.15, 0.2) is 42.9 Å². The summed E-state index contributed by atoms with van der Waals surface area (Å²) >= 11 is 0. The van der Waals surface area contributed by atoms with Crippen LogP contribution in [-0.4, -0.2) is 50.1 Å². The molecule has 0 saturated carbocycles. The zero-order chi connectivity index (χ0) is 22.9. The fraction of sp³-hybridized carbons (Fsp3) is 0.333. The molecule has 1 fully saturated rings. The molecule has 0 aromatic carbocycles. The van der Waals surface area contributed by atoms with E-state index in [2.05, 4.69) is 61.4 Å². The number of anilines is 3. The molecule has 5 heterocycles. The van der Waals surface area contributed by atoms with Crippen molar-refractivity contribution in [3.63, 3.8) is 0 Å². The highest BCUT2D eigenvalue weighted by atomic mass is 15.3. The molecule has 0 spiro atoms. The molecule has 4 aromatic heterocycles. The van der Waals surface area contributed by atoms with Crippen LogP contribution in [0.3, 0.4) is 0 Å². The number of fused-ring (bicyclic) bond motifs is 1. The molecule has 0 radical (unpaired) electrons. The molecule has 1 saturated heterocycles. The molecule has 2 atom stereocenters. The van der Waals surface area contributed by atoms with Crippen LogP contribution in [0.25, 0.3) is 22.2 Å². The van der Waals surface area contributed by atoms with Crippen molar-refractivity contribution in [3.8, 4) is 11.1 Å². The summed E-state index contributed by atoms with van der Waals surface area (Å²) in [5, 5.41) is 7.96. The van der Waals surface area contributed by atoms with Gasteiger partial charge in [0.2, 0.25) is 0 Å². The second kappa shape index (κ2) is 8.67. The first kappa shape index (κ1) is 21.1. The summed E-state index contributed by atoms with van der Waals surface area (Å²) in [4.78, 5) is 23.7. The van der Waals surface area contributed by atoms with Crippen molar-refractivity contribution in [1.82, 2.24) is 30.2 Å². The first-order chi connectivity index (χ1) is 16.0. The molecule has 9 nitrogen and oxygen atoms in total. The van der Waals surface area contributed by atoms with Gasteiger partial charge in [0.25, 0.3) is 0 Å². The zero-order valence-corrected chi connectivity index (χ0v) is 19.1. The Morgan fingerprint density at radius 2 is 1.94 bits per heavy atom. The molecule has 4 aromatic rings. The molecule has 1 aliphatic heterocycles. The number of H-pyrrole nitrogens is 1. The average molecular weight is 444 g/mol. The third kappa shape index (κ3) is 4.45. The number of aromatic nitrogens is 5. The van der Waals surface area contributed by atoms with Crippen LogP contribution in [0.1, 0.15) is 25.2 Å². The molecule has 1 aliphatic rings. The number of nitrogen functional groups attached to an aromatic ring is 1.